The van der Waals surface area contributed by atoms with Crippen molar-refractivity contribution in [3.63, 3.8) is 0 Å². The van der Waals surface area contributed by atoms with E-state index in [2.05, 4.69) is 15.9 Å². The van der Waals surface area contributed by atoms with E-state index in [-0.39, 0.29) is 23.4 Å². The topological polar surface area (TPSA) is 85.1 Å². The molecule has 1 fully saturated rings. The van der Waals surface area contributed by atoms with Crippen LogP contribution in [0.15, 0.2) is 72.8 Å². The Balaban J connectivity index is 1.55. The van der Waals surface area contributed by atoms with Crippen LogP contribution in [0.5, 0.6) is 0 Å². The number of halogens is 1. The molecule has 3 atom stereocenters. The van der Waals surface area contributed by atoms with Gasteiger partial charge < -0.3 is 5.21 Å². The smallest absolute Gasteiger partial charge is 0.239 e. The van der Waals surface area contributed by atoms with Gasteiger partial charge in [-0.2, -0.15) is 5.23 Å². The van der Waals surface area contributed by atoms with E-state index < -0.39 is 21.4 Å². The number of rotatable bonds is 2. The van der Waals surface area contributed by atoms with E-state index in [1.165, 1.54) is 29.2 Å². The molecule has 1 saturated heterocycles. The fraction of sp³-hybridized carbons (Fsp3) is 0.167. The molecule has 1 unspecified atom stereocenters. The number of carbonyl (C=O) groups excluding carboxylic acids is 2. The molecular formula is C24H17BrN2O4. The fourth-order valence-corrected chi connectivity index (χ4v) is 6.89. The van der Waals surface area contributed by atoms with Gasteiger partial charge in [0.25, 0.3) is 0 Å². The second-order valence-corrected chi connectivity index (χ2v) is 9.48. The van der Waals surface area contributed by atoms with Gasteiger partial charge in [-0.1, -0.05) is 64.5 Å². The van der Waals surface area contributed by atoms with Gasteiger partial charge >= 0.3 is 0 Å². The number of alkyl halides is 1. The second-order valence-electron chi connectivity index (χ2n) is 8.23. The van der Waals surface area contributed by atoms with Gasteiger partial charge in [-0.05, 0) is 34.4 Å². The molecule has 0 aromatic heterocycles. The summed E-state index contributed by atoms with van der Waals surface area (Å²) in [6.07, 6.45) is 0. The van der Waals surface area contributed by atoms with Crippen LogP contribution in [0.2, 0.25) is 0 Å². The molecule has 3 aromatic carbocycles. The molecule has 3 aliphatic carbocycles. The van der Waals surface area contributed by atoms with Crippen molar-refractivity contribution in [3.05, 3.63) is 100 Å². The molecular weight excluding hydrogens is 460 g/mol. The van der Waals surface area contributed by atoms with E-state index in [1.807, 2.05) is 48.5 Å². The van der Waals surface area contributed by atoms with Crippen LogP contribution >= 0.6 is 15.9 Å². The first-order chi connectivity index (χ1) is 14.9. The number of carbonyl (C=O) groups is 2. The zero-order valence-electron chi connectivity index (χ0n) is 16.2. The average molecular weight is 477 g/mol. The summed E-state index contributed by atoms with van der Waals surface area (Å²) < 4.78 is -0.790. The predicted molar refractivity (Wildman–Crippen MR) is 116 cm³/mol. The maximum atomic E-state index is 13.7. The normalized spacial score (nSPS) is 28.9. The molecule has 0 saturated carbocycles. The van der Waals surface area contributed by atoms with E-state index in [9.17, 15) is 20.0 Å². The van der Waals surface area contributed by atoms with E-state index >= 15 is 0 Å². The number of quaternary nitrogens is 1. The minimum Gasteiger partial charge on any atom is -0.595 e. The summed E-state index contributed by atoms with van der Waals surface area (Å²) in [5.74, 6) is -1.79. The molecule has 7 rings (SSSR count). The number of anilines is 1. The van der Waals surface area contributed by atoms with E-state index in [4.69, 9.17) is 0 Å². The minimum absolute atomic E-state index is 0.108. The van der Waals surface area contributed by atoms with Crippen molar-refractivity contribution in [1.82, 2.24) is 0 Å². The minimum atomic E-state index is -1.05. The molecule has 3 aromatic rings. The van der Waals surface area contributed by atoms with Crippen LogP contribution in [0, 0.1) is 17.0 Å². The lowest BCUT2D eigenvalue weighted by Gasteiger charge is -2.51. The van der Waals surface area contributed by atoms with Crippen molar-refractivity contribution >= 4 is 39.1 Å². The Kier molecular flexibility index (Phi) is 3.86. The first kappa shape index (κ1) is 18.9. The highest BCUT2D eigenvalue weighted by Gasteiger charge is 2.67. The average Bonchev–Trinajstić information content (AvgIpc) is 3.06. The molecule has 6 nitrogen and oxygen atoms in total. The van der Waals surface area contributed by atoms with Crippen LogP contribution in [0.4, 0.5) is 11.4 Å². The molecule has 2 bridgehead atoms. The maximum Gasteiger partial charge on any atom is 0.239 e. The Morgan fingerprint density at radius 2 is 1.42 bits per heavy atom. The zero-order chi connectivity index (χ0) is 21.5. The predicted octanol–water partition coefficient (Wildman–Crippen LogP) is 2.99. The van der Waals surface area contributed by atoms with Crippen molar-refractivity contribution in [3.8, 4) is 0 Å². The SMILES string of the molecule is O=C1[C@@H]2C3c4ccccc4C(Br)(c4ccccc43)[C@H]2C(=O)N1c1ccc([NH+]([O-])O)cc1. The number of nitrogens with one attached hydrogen (secondary N) is 1. The molecule has 31 heavy (non-hydrogen) atoms. The maximum absolute atomic E-state index is 13.7. The Hall–Kier alpha value is -2.84. The molecule has 1 heterocycles. The summed E-state index contributed by atoms with van der Waals surface area (Å²) in [7, 11) is 0. The fourth-order valence-electron chi connectivity index (χ4n) is 5.69. The highest BCUT2D eigenvalue weighted by molar-refractivity contribution is 9.09. The first-order valence-electron chi connectivity index (χ1n) is 10.0. The number of benzene rings is 3. The molecule has 7 heteroatoms. The molecule has 4 aliphatic rings. The molecule has 0 radical (unpaired) electrons. The molecule has 1 aliphatic heterocycles. The van der Waals surface area contributed by atoms with Crippen molar-refractivity contribution < 1.29 is 20.0 Å². The van der Waals surface area contributed by atoms with Gasteiger partial charge in [0.1, 0.15) is 0 Å². The number of nitrogens with zero attached hydrogens (tertiary/aromatic N) is 1. The van der Waals surface area contributed by atoms with Gasteiger partial charge in [0.05, 0.1) is 21.8 Å². The van der Waals surface area contributed by atoms with Gasteiger partial charge in [-0.3, -0.25) is 9.59 Å². The summed E-state index contributed by atoms with van der Waals surface area (Å²) >= 11 is 3.96. The molecule has 154 valence electrons. The lowest BCUT2D eigenvalue weighted by Crippen LogP contribution is -2.99. The number of hydrogen-bond acceptors (Lipinski definition) is 4. The molecule has 2 amide bonds. The van der Waals surface area contributed by atoms with Gasteiger partial charge in [0.2, 0.25) is 11.8 Å². The third-order valence-corrected chi connectivity index (χ3v) is 8.23. The van der Waals surface area contributed by atoms with Crippen LogP contribution in [0.3, 0.4) is 0 Å². The Morgan fingerprint density at radius 1 is 0.871 bits per heavy atom. The third-order valence-electron chi connectivity index (χ3n) is 6.89. The van der Waals surface area contributed by atoms with Crippen molar-refractivity contribution in [1.29, 1.82) is 0 Å². The second kappa shape index (κ2) is 6.34. The van der Waals surface area contributed by atoms with Crippen LogP contribution in [-0.2, 0) is 13.9 Å². The van der Waals surface area contributed by atoms with Crippen LogP contribution in [-0.4, -0.2) is 17.0 Å². The van der Waals surface area contributed by atoms with Crippen LogP contribution in [0.25, 0.3) is 0 Å². The lowest BCUT2D eigenvalue weighted by atomic mass is 9.55. The number of hydrogen-bond donors (Lipinski definition) is 2. The largest absolute Gasteiger partial charge is 0.595 e. The number of imide groups is 1. The standard InChI is InChI=1S/C24H17BrN2O4/c25-24-17-7-3-1-5-15(17)19(16-6-2-4-8-18(16)24)20-21(24)23(29)26(22(20)28)13-9-11-14(12-10-13)27(30)31/h1-12,19-21,27,30H/t19?,20-,21-,24?/m1/s1. The third kappa shape index (κ3) is 2.26. The van der Waals surface area contributed by atoms with Crippen LogP contribution in [0.1, 0.15) is 28.2 Å². The van der Waals surface area contributed by atoms with Crippen molar-refractivity contribution in [2.45, 2.75) is 10.2 Å². The molecule has 0 spiro atoms. The van der Waals surface area contributed by atoms with Gasteiger partial charge in [-0.15, -0.1) is 0 Å². The first-order valence-corrected chi connectivity index (χ1v) is 10.8. The van der Waals surface area contributed by atoms with E-state index in [0.29, 0.717) is 5.69 Å². The summed E-state index contributed by atoms with van der Waals surface area (Å²) in [5, 5.41) is 19.3. The monoisotopic (exact) mass is 476 g/mol. The Bertz CT molecular complexity index is 1210. The summed E-state index contributed by atoms with van der Waals surface area (Å²) in [5.41, 5.74) is 4.72. The Labute approximate surface area is 186 Å². The molecule has 2 N–H and O–H groups in total. The van der Waals surface area contributed by atoms with Gasteiger partial charge in [0.15, 0.2) is 5.69 Å². The lowest BCUT2D eigenvalue weighted by molar-refractivity contribution is -0.991. The number of amides is 2. The highest BCUT2D eigenvalue weighted by atomic mass is 79.9. The van der Waals surface area contributed by atoms with E-state index in [1.54, 1.807) is 0 Å². The zero-order valence-corrected chi connectivity index (χ0v) is 17.7. The van der Waals surface area contributed by atoms with Crippen molar-refractivity contribution in [2.24, 2.45) is 11.8 Å². The van der Waals surface area contributed by atoms with Gasteiger partial charge in [-0.25, -0.2) is 10.1 Å². The Morgan fingerprint density at radius 3 is 1.97 bits per heavy atom. The quantitative estimate of drug-likeness (QED) is 0.338. The highest BCUT2D eigenvalue weighted by Crippen LogP contribution is 2.66. The van der Waals surface area contributed by atoms with Crippen molar-refractivity contribution in [2.75, 3.05) is 4.90 Å². The van der Waals surface area contributed by atoms with Crippen LogP contribution < -0.4 is 10.1 Å². The van der Waals surface area contributed by atoms with Gasteiger partial charge in [0, 0.05) is 18.1 Å². The summed E-state index contributed by atoms with van der Waals surface area (Å²) in [4.78, 5) is 28.7. The van der Waals surface area contributed by atoms with E-state index in [0.717, 1.165) is 22.3 Å². The summed E-state index contributed by atoms with van der Waals surface area (Å²) in [6, 6.07) is 21.9. The summed E-state index contributed by atoms with van der Waals surface area (Å²) in [6.45, 7) is 0.